The smallest absolute Gasteiger partial charge is 0.407 e. The highest BCUT2D eigenvalue weighted by Gasteiger charge is 2.33. The third-order valence-corrected chi connectivity index (χ3v) is 8.52. The predicted octanol–water partition coefficient (Wildman–Crippen LogP) is 7.56. The van der Waals surface area contributed by atoms with Crippen molar-refractivity contribution in [3.63, 3.8) is 0 Å². The first-order chi connectivity index (χ1) is 19.1. The van der Waals surface area contributed by atoms with Crippen LogP contribution in [0.3, 0.4) is 0 Å². The molecule has 0 saturated carbocycles. The highest BCUT2D eigenvalue weighted by molar-refractivity contribution is 7.92. The molecule has 10 heteroatoms. The Morgan fingerprint density at radius 2 is 1.57 bits per heavy atom. The van der Waals surface area contributed by atoms with Crippen LogP contribution in [-0.2, 0) is 21.4 Å². The van der Waals surface area contributed by atoms with E-state index in [9.17, 15) is 17.6 Å². The van der Waals surface area contributed by atoms with Crippen molar-refractivity contribution in [2.24, 2.45) is 0 Å². The normalized spacial score (nSPS) is 12.8. The number of amides is 1. The van der Waals surface area contributed by atoms with Gasteiger partial charge in [-0.1, -0.05) is 66.2 Å². The summed E-state index contributed by atoms with van der Waals surface area (Å²) in [6.45, 7) is 3.18. The number of halogens is 3. The van der Waals surface area contributed by atoms with Gasteiger partial charge in [-0.05, 0) is 66.9 Å². The molecule has 0 radical (unpaired) electrons. The van der Waals surface area contributed by atoms with Crippen molar-refractivity contribution in [1.29, 1.82) is 0 Å². The number of anilines is 1. The van der Waals surface area contributed by atoms with Crippen LogP contribution in [0.4, 0.5) is 19.3 Å². The molecule has 2 atom stereocenters. The first-order valence-electron chi connectivity index (χ1n) is 12.4. The van der Waals surface area contributed by atoms with Crippen LogP contribution in [0.5, 0.6) is 0 Å². The Hall–Kier alpha value is -3.95. The Kier molecular flexibility index (Phi) is 9.07. The van der Waals surface area contributed by atoms with Crippen LogP contribution in [-0.4, -0.2) is 14.5 Å². The standard InChI is InChI=1S/C30H27ClF2N2O4S/c1-20(22-8-4-3-5-9-22)34-30(36)39-19-23-10-6-7-11-27(23)21(2)35(29-18-25(32)14-17-28(29)33)40(37,38)26-15-12-24(31)13-16-26/h3-18,20-21H,19H2,1-2H3,(H,34,36)/t20-,21+/m0/s1. The van der Waals surface area contributed by atoms with Gasteiger partial charge in [0.25, 0.3) is 10.0 Å². The van der Waals surface area contributed by atoms with Crippen molar-refractivity contribution in [3.8, 4) is 0 Å². The van der Waals surface area contributed by atoms with Crippen molar-refractivity contribution in [2.75, 3.05) is 4.31 Å². The zero-order valence-corrected chi connectivity index (χ0v) is 23.3. The molecule has 4 rings (SSSR count). The highest BCUT2D eigenvalue weighted by Crippen LogP contribution is 2.37. The molecule has 4 aromatic carbocycles. The number of nitrogens with one attached hydrogen (secondary N) is 1. The Bertz CT molecular complexity index is 1590. The maximum Gasteiger partial charge on any atom is 0.407 e. The van der Waals surface area contributed by atoms with Crippen LogP contribution in [0.1, 0.15) is 42.6 Å². The molecule has 0 heterocycles. The molecule has 0 aromatic heterocycles. The quantitative estimate of drug-likeness (QED) is 0.220. The van der Waals surface area contributed by atoms with E-state index >= 15 is 4.39 Å². The molecule has 1 amide bonds. The monoisotopic (exact) mass is 584 g/mol. The molecule has 6 nitrogen and oxygen atoms in total. The average Bonchev–Trinajstić information content (AvgIpc) is 2.94. The van der Waals surface area contributed by atoms with Gasteiger partial charge in [-0.2, -0.15) is 0 Å². The molecular weight excluding hydrogens is 558 g/mol. The SMILES string of the molecule is C[C@H](NC(=O)OCc1ccccc1[C@@H](C)N(c1cc(F)ccc1F)S(=O)(=O)c1ccc(Cl)cc1)c1ccccc1. The lowest BCUT2D eigenvalue weighted by atomic mass is 10.0. The summed E-state index contributed by atoms with van der Waals surface area (Å²) in [6, 6.07) is 22.7. The number of sulfonamides is 1. The fourth-order valence-electron chi connectivity index (χ4n) is 4.31. The minimum atomic E-state index is -4.40. The van der Waals surface area contributed by atoms with Crippen molar-refractivity contribution >= 4 is 33.4 Å². The van der Waals surface area contributed by atoms with E-state index in [1.54, 1.807) is 31.2 Å². The van der Waals surface area contributed by atoms with Crippen LogP contribution in [0.15, 0.2) is 102 Å². The van der Waals surface area contributed by atoms with Crippen molar-refractivity contribution in [3.05, 3.63) is 130 Å². The summed E-state index contributed by atoms with van der Waals surface area (Å²) in [5, 5.41) is 3.08. The molecule has 1 N–H and O–H groups in total. The topological polar surface area (TPSA) is 75.7 Å². The van der Waals surface area contributed by atoms with Gasteiger partial charge in [0.15, 0.2) is 0 Å². The van der Waals surface area contributed by atoms with E-state index in [0.29, 0.717) is 16.1 Å². The van der Waals surface area contributed by atoms with E-state index in [1.807, 2.05) is 37.3 Å². The maximum absolute atomic E-state index is 15.1. The number of hydrogen-bond acceptors (Lipinski definition) is 4. The Morgan fingerprint density at radius 1 is 0.925 bits per heavy atom. The van der Waals surface area contributed by atoms with Gasteiger partial charge in [0, 0.05) is 11.1 Å². The van der Waals surface area contributed by atoms with Crippen LogP contribution in [0.2, 0.25) is 5.02 Å². The van der Waals surface area contributed by atoms with Gasteiger partial charge in [0.05, 0.1) is 22.7 Å². The summed E-state index contributed by atoms with van der Waals surface area (Å²) in [5.41, 5.74) is 1.36. The van der Waals surface area contributed by atoms with Crippen molar-refractivity contribution < 1.29 is 26.7 Å². The number of rotatable bonds is 9. The molecule has 4 aromatic rings. The highest BCUT2D eigenvalue weighted by atomic mass is 35.5. The Balaban J connectivity index is 1.65. The van der Waals surface area contributed by atoms with Gasteiger partial charge in [-0.15, -0.1) is 0 Å². The fraction of sp³-hybridized carbons (Fsp3) is 0.167. The molecule has 0 aliphatic rings. The van der Waals surface area contributed by atoms with E-state index in [0.717, 1.165) is 28.1 Å². The van der Waals surface area contributed by atoms with Crippen LogP contribution in [0.25, 0.3) is 0 Å². The first-order valence-corrected chi connectivity index (χ1v) is 14.2. The zero-order chi connectivity index (χ0) is 28.9. The Labute approximate surface area is 237 Å². The summed E-state index contributed by atoms with van der Waals surface area (Å²) < 4.78 is 63.3. The number of carbonyl (C=O) groups excluding carboxylic acids is 1. The number of alkyl carbamates (subject to hydrolysis) is 1. The third kappa shape index (κ3) is 6.60. The second kappa shape index (κ2) is 12.5. The summed E-state index contributed by atoms with van der Waals surface area (Å²) in [6.07, 6.45) is -0.666. The minimum absolute atomic E-state index is 0.157. The number of hydrogen-bond donors (Lipinski definition) is 1. The molecular formula is C30H27ClF2N2O4S. The molecule has 208 valence electrons. The molecule has 0 aliphatic carbocycles. The molecule has 0 saturated heterocycles. The van der Waals surface area contributed by atoms with Crippen LogP contribution in [0, 0.1) is 11.6 Å². The van der Waals surface area contributed by atoms with E-state index in [1.165, 1.54) is 24.3 Å². The van der Waals surface area contributed by atoms with E-state index in [4.69, 9.17) is 16.3 Å². The van der Waals surface area contributed by atoms with Crippen LogP contribution >= 0.6 is 11.6 Å². The van der Waals surface area contributed by atoms with Gasteiger partial charge in [0.2, 0.25) is 0 Å². The minimum Gasteiger partial charge on any atom is -0.445 e. The van der Waals surface area contributed by atoms with Gasteiger partial charge in [-0.3, -0.25) is 4.31 Å². The average molecular weight is 585 g/mol. The number of ether oxygens (including phenoxy) is 1. The second-order valence-electron chi connectivity index (χ2n) is 9.08. The Morgan fingerprint density at radius 3 is 2.27 bits per heavy atom. The lowest BCUT2D eigenvalue weighted by Gasteiger charge is -2.32. The largest absolute Gasteiger partial charge is 0.445 e. The maximum atomic E-state index is 15.1. The molecule has 0 spiro atoms. The van der Waals surface area contributed by atoms with Gasteiger partial charge >= 0.3 is 6.09 Å². The molecule has 0 unspecified atom stereocenters. The van der Waals surface area contributed by atoms with Crippen LogP contribution < -0.4 is 9.62 Å². The summed E-state index contributed by atoms with van der Waals surface area (Å²) in [5.74, 6) is -1.73. The fourth-order valence-corrected chi connectivity index (χ4v) is 6.07. The molecule has 40 heavy (non-hydrogen) atoms. The molecule has 0 bridgehead atoms. The number of benzene rings is 4. The lowest BCUT2D eigenvalue weighted by molar-refractivity contribution is 0.136. The van der Waals surface area contributed by atoms with Gasteiger partial charge < -0.3 is 10.1 Å². The van der Waals surface area contributed by atoms with E-state index in [-0.39, 0.29) is 17.5 Å². The zero-order valence-electron chi connectivity index (χ0n) is 21.7. The number of nitrogens with zero attached hydrogens (tertiary/aromatic N) is 1. The summed E-state index contributed by atoms with van der Waals surface area (Å²) in [4.78, 5) is 12.4. The second-order valence-corrected chi connectivity index (χ2v) is 11.3. The molecule has 0 fully saturated rings. The predicted molar refractivity (Wildman–Crippen MR) is 151 cm³/mol. The number of carbonyl (C=O) groups is 1. The van der Waals surface area contributed by atoms with E-state index < -0.39 is 39.5 Å². The summed E-state index contributed by atoms with van der Waals surface area (Å²) in [7, 11) is -4.40. The van der Waals surface area contributed by atoms with Crippen molar-refractivity contribution in [1.82, 2.24) is 5.32 Å². The van der Waals surface area contributed by atoms with Gasteiger partial charge in [0.1, 0.15) is 18.2 Å². The van der Waals surface area contributed by atoms with Gasteiger partial charge in [-0.25, -0.2) is 22.0 Å². The third-order valence-electron chi connectivity index (χ3n) is 6.37. The molecule has 0 aliphatic heterocycles. The van der Waals surface area contributed by atoms with Crippen molar-refractivity contribution in [2.45, 2.75) is 37.4 Å². The summed E-state index contributed by atoms with van der Waals surface area (Å²) >= 11 is 5.95. The van der Waals surface area contributed by atoms with E-state index in [2.05, 4.69) is 5.32 Å². The first kappa shape index (κ1) is 29.0. The lowest BCUT2D eigenvalue weighted by Crippen LogP contribution is -2.35.